The van der Waals surface area contributed by atoms with Crippen molar-refractivity contribution in [2.24, 2.45) is 0 Å². The summed E-state index contributed by atoms with van der Waals surface area (Å²) >= 11 is 0. The SMILES string of the molecule is Fc1ccc(Oc2cc(Oc3cccc(C(F)(F)F)c3)ncn2)cc1C(F)(F)F. The molecule has 2 aromatic carbocycles. The largest absolute Gasteiger partial charge is 0.439 e. The zero-order valence-corrected chi connectivity index (χ0v) is 14.1. The Morgan fingerprint density at radius 1 is 0.690 bits per heavy atom. The van der Waals surface area contributed by atoms with Crippen LogP contribution in [0.3, 0.4) is 0 Å². The van der Waals surface area contributed by atoms with Crippen molar-refractivity contribution in [3.63, 3.8) is 0 Å². The number of rotatable bonds is 4. The van der Waals surface area contributed by atoms with E-state index in [1.165, 1.54) is 6.07 Å². The predicted molar refractivity (Wildman–Crippen MR) is 85.0 cm³/mol. The summed E-state index contributed by atoms with van der Waals surface area (Å²) in [6.07, 6.45) is -8.56. The van der Waals surface area contributed by atoms with Crippen molar-refractivity contribution in [2.45, 2.75) is 12.4 Å². The van der Waals surface area contributed by atoms with E-state index in [4.69, 9.17) is 9.47 Å². The average molecular weight is 418 g/mol. The lowest BCUT2D eigenvalue weighted by Crippen LogP contribution is -2.08. The topological polar surface area (TPSA) is 44.2 Å². The first kappa shape index (κ1) is 20.4. The highest BCUT2D eigenvalue weighted by Crippen LogP contribution is 2.35. The molecule has 0 N–H and O–H groups in total. The maximum absolute atomic E-state index is 13.3. The standard InChI is InChI=1S/C18H9F7N2O2/c19-14-5-4-12(7-13(14)18(23,24)25)29-16-8-15(26-9-27-16)28-11-3-1-2-10(6-11)17(20,21)22/h1-9H. The minimum absolute atomic E-state index is 0.175. The third-order valence-corrected chi connectivity index (χ3v) is 3.47. The molecule has 152 valence electrons. The van der Waals surface area contributed by atoms with Crippen LogP contribution >= 0.6 is 0 Å². The molecule has 0 fully saturated rings. The summed E-state index contributed by atoms with van der Waals surface area (Å²) in [6.45, 7) is 0. The van der Waals surface area contributed by atoms with E-state index in [2.05, 4.69) is 9.97 Å². The molecule has 4 nitrogen and oxygen atoms in total. The molecule has 0 atom stereocenters. The van der Waals surface area contributed by atoms with E-state index in [0.29, 0.717) is 12.1 Å². The highest BCUT2D eigenvalue weighted by molar-refractivity contribution is 5.36. The Morgan fingerprint density at radius 3 is 1.90 bits per heavy atom. The third kappa shape index (κ3) is 5.12. The van der Waals surface area contributed by atoms with Crippen molar-refractivity contribution in [1.82, 2.24) is 9.97 Å². The molecule has 0 bridgehead atoms. The van der Waals surface area contributed by atoms with E-state index in [0.717, 1.165) is 36.7 Å². The molecule has 29 heavy (non-hydrogen) atoms. The molecule has 0 spiro atoms. The van der Waals surface area contributed by atoms with Crippen molar-refractivity contribution in [2.75, 3.05) is 0 Å². The van der Waals surface area contributed by atoms with Crippen molar-refractivity contribution in [3.05, 3.63) is 71.8 Å². The van der Waals surface area contributed by atoms with Gasteiger partial charge in [0, 0.05) is 0 Å². The first-order valence-corrected chi connectivity index (χ1v) is 7.74. The monoisotopic (exact) mass is 418 g/mol. The Bertz CT molecular complexity index is 1020. The van der Waals surface area contributed by atoms with Crippen molar-refractivity contribution < 1.29 is 40.2 Å². The normalized spacial score (nSPS) is 12.0. The molecule has 0 aliphatic heterocycles. The number of ether oxygens (including phenoxy) is 2. The number of halogens is 7. The van der Waals surface area contributed by atoms with E-state index in [1.807, 2.05) is 0 Å². The summed E-state index contributed by atoms with van der Waals surface area (Å²) in [5.41, 5.74) is -2.46. The van der Waals surface area contributed by atoms with Gasteiger partial charge in [0.15, 0.2) is 0 Å². The van der Waals surface area contributed by atoms with Crippen LogP contribution in [0.5, 0.6) is 23.3 Å². The summed E-state index contributed by atoms with van der Waals surface area (Å²) in [7, 11) is 0. The fourth-order valence-corrected chi connectivity index (χ4v) is 2.20. The van der Waals surface area contributed by atoms with Gasteiger partial charge in [0.25, 0.3) is 0 Å². The number of hydrogen-bond donors (Lipinski definition) is 0. The van der Waals surface area contributed by atoms with E-state index in [9.17, 15) is 30.7 Å². The fraction of sp³-hybridized carbons (Fsp3) is 0.111. The first-order chi connectivity index (χ1) is 13.5. The molecule has 0 unspecified atom stereocenters. The number of nitrogens with zero attached hydrogens (tertiary/aromatic N) is 2. The number of aromatic nitrogens is 2. The summed E-state index contributed by atoms with van der Waals surface area (Å²) < 4.78 is 100. The number of alkyl halides is 6. The average Bonchev–Trinajstić information content (AvgIpc) is 2.62. The van der Waals surface area contributed by atoms with Gasteiger partial charge >= 0.3 is 12.4 Å². The molecular weight excluding hydrogens is 409 g/mol. The van der Waals surface area contributed by atoms with E-state index >= 15 is 0 Å². The molecule has 0 saturated heterocycles. The Kier molecular flexibility index (Phi) is 5.31. The van der Waals surface area contributed by atoms with Crippen molar-refractivity contribution in [1.29, 1.82) is 0 Å². The predicted octanol–water partition coefficient (Wildman–Crippen LogP) is 6.24. The van der Waals surface area contributed by atoms with Crippen LogP contribution < -0.4 is 9.47 Å². The van der Waals surface area contributed by atoms with E-state index in [-0.39, 0.29) is 23.3 Å². The van der Waals surface area contributed by atoms with E-state index in [1.54, 1.807) is 0 Å². The second-order valence-corrected chi connectivity index (χ2v) is 5.56. The molecule has 0 aliphatic rings. The maximum Gasteiger partial charge on any atom is 0.419 e. The number of benzene rings is 2. The van der Waals surface area contributed by atoms with Gasteiger partial charge in [-0.2, -0.15) is 26.3 Å². The van der Waals surface area contributed by atoms with Gasteiger partial charge in [-0.3, -0.25) is 0 Å². The van der Waals surface area contributed by atoms with E-state index < -0.39 is 29.3 Å². The summed E-state index contributed by atoms with van der Waals surface area (Å²) in [6, 6.07) is 7.04. The van der Waals surface area contributed by atoms with Crippen LogP contribution in [0.1, 0.15) is 11.1 Å². The maximum atomic E-state index is 13.3. The highest BCUT2D eigenvalue weighted by Gasteiger charge is 2.34. The summed E-state index contributed by atoms with van der Waals surface area (Å²) in [5, 5.41) is 0. The summed E-state index contributed by atoms with van der Waals surface area (Å²) in [5.74, 6) is -2.48. The van der Waals surface area contributed by atoms with Gasteiger partial charge in [0.2, 0.25) is 11.8 Å². The Morgan fingerprint density at radius 2 is 1.31 bits per heavy atom. The van der Waals surface area contributed by atoms with Gasteiger partial charge in [-0.25, -0.2) is 14.4 Å². The minimum atomic E-state index is -4.92. The second kappa shape index (κ2) is 7.57. The fourth-order valence-electron chi connectivity index (χ4n) is 2.20. The van der Waals surface area contributed by atoms with Gasteiger partial charge < -0.3 is 9.47 Å². The molecule has 0 saturated carbocycles. The minimum Gasteiger partial charge on any atom is -0.439 e. The third-order valence-electron chi connectivity index (χ3n) is 3.47. The molecule has 1 heterocycles. The van der Waals surface area contributed by atoms with Crippen LogP contribution in [-0.4, -0.2) is 9.97 Å². The molecule has 3 aromatic rings. The lowest BCUT2D eigenvalue weighted by molar-refractivity contribution is -0.140. The zero-order valence-electron chi connectivity index (χ0n) is 14.1. The van der Waals surface area contributed by atoms with Crippen LogP contribution in [0.4, 0.5) is 30.7 Å². The molecule has 0 radical (unpaired) electrons. The number of hydrogen-bond acceptors (Lipinski definition) is 4. The lowest BCUT2D eigenvalue weighted by Gasteiger charge is -2.11. The van der Waals surface area contributed by atoms with Gasteiger partial charge in [-0.15, -0.1) is 0 Å². The van der Waals surface area contributed by atoms with Gasteiger partial charge in [-0.1, -0.05) is 6.07 Å². The van der Waals surface area contributed by atoms with Gasteiger partial charge in [0.05, 0.1) is 17.2 Å². The molecule has 11 heteroatoms. The van der Waals surface area contributed by atoms with Crippen LogP contribution in [0, 0.1) is 5.82 Å². The van der Waals surface area contributed by atoms with Gasteiger partial charge in [0.1, 0.15) is 23.6 Å². The zero-order chi connectivity index (χ0) is 21.2. The molecule has 3 rings (SSSR count). The van der Waals surface area contributed by atoms with Crippen LogP contribution in [0.25, 0.3) is 0 Å². The first-order valence-electron chi connectivity index (χ1n) is 7.74. The quantitative estimate of drug-likeness (QED) is 0.471. The Balaban J connectivity index is 1.81. The lowest BCUT2D eigenvalue weighted by atomic mass is 10.2. The molecule has 0 aliphatic carbocycles. The molecule has 0 amide bonds. The Hall–Kier alpha value is -3.37. The molecular formula is C18H9F7N2O2. The highest BCUT2D eigenvalue weighted by atomic mass is 19.4. The van der Waals surface area contributed by atoms with Crippen LogP contribution in [0.2, 0.25) is 0 Å². The smallest absolute Gasteiger partial charge is 0.419 e. The van der Waals surface area contributed by atoms with Gasteiger partial charge in [-0.05, 0) is 36.4 Å². The molecule has 1 aromatic heterocycles. The second-order valence-electron chi connectivity index (χ2n) is 5.56. The van der Waals surface area contributed by atoms with Crippen LogP contribution in [0.15, 0.2) is 54.9 Å². The summed E-state index contributed by atoms with van der Waals surface area (Å²) in [4.78, 5) is 7.38. The van der Waals surface area contributed by atoms with Crippen molar-refractivity contribution in [3.8, 4) is 23.3 Å². The Labute approximate surface area is 158 Å². The van der Waals surface area contributed by atoms with Crippen LogP contribution in [-0.2, 0) is 12.4 Å². The van der Waals surface area contributed by atoms with Crippen molar-refractivity contribution >= 4 is 0 Å².